The van der Waals surface area contributed by atoms with Gasteiger partial charge in [-0.3, -0.25) is 13.8 Å². The Morgan fingerprint density at radius 1 is 0.686 bits per heavy atom. The summed E-state index contributed by atoms with van der Waals surface area (Å²) in [5.74, 6) is -0.611. The standard InChI is InChI=1S/C37H70NO12P/c1-3-5-7-9-11-13-14-15-16-17-19-21-23-25-30(40)29(38-31(41)26-28(39)24-22-20-18-12-10-8-6-4-2)27-49-51(47,48)50-37-35(45)33(43)32(42)34(44)36(37)46/h10,12,23,25,28-30,32-37,39-40,42-46H,3-9,11,13-22,24,26-27H2,1-2H3,(H,38,41)(H,47,48)/b12-10-,25-23+. The molecule has 0 saturated heterocycles. The number of carbonyl (C=O) groups excluding carboxylic acids is 1. The van der Waals surface area contributed by atoms with Crippen LogP contribution in [0.2, 0.25) is 0 Å². The third-order valence-corrected chi connectivity index (χ3v) is 10.3. The highest BCUT2D eigenvalue weighted by atomic mass is 31.2. The largest absolute Gasteiger partial charge is 0.472 e. The van der Waals surface area contributed by atoms with E-state index in [1.807, 2.05) is 0 Å². The number of phosphoric acid groups is 1. The second-order valence-electron chi connectivity index (χ2n) is 14.0. The molecule has 0 bridgehead atoms. The second kappa shape index (κ2) is 28.3. The maximum absolute atomic E-state index is 12.8. The van der Waals surface area contributed by atoms with Gasteiger partial charge in [-0.2, -0.15) is 0 Å². The van der Waals surface area contributed by atoms with E-state index in [-0.39, 0.29) is 6.42 Å². The molecule has 0 aromatic rings. The van der Waals surface area contributed by atoms with Crippen LogP contribution in [0.1, 0.15) is 142 Å². The average molecular weight is 752 g/mol. The van der Waals surface area contributed by atoms with Gasteiger partial charge in [-0.25, -0.2) is 4.57 Å². The molecule has 9 N–H and O–H groups in total. The molecule has 1 amide bonds. The fraction of sp³-hybridized carbons (Fsp3) is 0.865. The Morgan fingerprint density at radius 2 is 1.16 bits per heavy atom. The van der Waals surface area contributed by atoms with Gasteiger partial charge in [0.2, 0.25) is 5.91 Å². The molecule has 0 aromatic carbocycles. The minimum absolute atomic E-state index is 0.260. The lowest BCUT2D eigenvalue weighted by Gasteiger charge is -2.41. The molecule has 8 unspecified atom stereocenters. The van der Waals surface area contributed by atoms with Crippen LogP contribution >= 0.6 is 7.82 Å². The molecule has 14 heteroatoms. The van der Waals surface area contributed by atoms with E-state index in [2.05, 4.69) is 31.3 Å². The number of aliphatic hydroxyl groups excluding tert-OH is 7. The van der Waals surface area contributed by atoms with Crippen molar-refractivity contribution in [2.45, 2.75) is 197 Å². The Labute approximate surface area is 305 Å². The van der Waals surface area contributed by atoms with Gasteiger partial charge in [-0.05, 0) is 38.5 Å². The van der Waals surface area contributed by atoms with Crippen LogP contribution < -0.4 is 5.32 Å². The number of rotatable bonds is 30. The summed E-state index contributed by atoms with van der Waals surface area (Å²) < 4.78 is 22.7. The Balaban J connectivity index is 2.69. The molecule has 0 aliphatic heterocycles. The van der Waals surface area contributed by atoms with Crippen LogP contribution in [0.3, 0.4) is 0 Å². The van der Waals surface area contributed by atoms with Gasteiger partial charge in [-0.15, -0.1) is 0 Å². The van der Waals surface area contributed by atoms with Crippen molar-refractivity contribution in [1.82, 2.24) is 5.32 Å². The summed E-state index contributed by atoms with van der Waals surface area (Å²) in [4.78, 5) is 23.2. The molecule has 1 aliphatic carbocycles. The SMILES string of the molecule is CCCC/C=C\CCCCC(O)CC(=O)NC(COP(=O)(O)OC1C(O)C(O)C(O)C(O)C1O)C(O)/C=C/CCCCCCCCCCCCC. The van der Waals surface area contributed by atoms with Crippen LogP contribution in [0.25, 0.3) is 0 Å². The van der Waals surface area contributed by atoms with E-state index >= 15 is 0 Å². The number of hydrogen-bond acceptors (Lipinski definition) is 11. The van der Waals surface area contributed by atoms with Crippen molar-refractivity contribution in [2.24, 2.45) is 0 Å². The molecule has 51 heavy (non-hydrogen) atoms. The smallest absolute Gasteiger partial charge is 0.393 e. The highest BCUT2D eigenvalue weighted by molar-refractivity contribution is 7.47. The first-order valence-electron chi connectivity index (χ1n) is 19.4. The van der Waals surface area contributed by atoms with Crippen LogP contribution in [0, 0.1) is 0 Å². The van der Waals surface area contributed by atoms with Crippen molar-refractivity contribution in [2.75, 3.05) is 6.61 Å². The predicted octanol–water partition coefficient (Wildman–Crippen LogP) is 4.47. The third-order valence-electron chi connectivity index (χ3n) is 9.28. The molecule has 0 radical (unpaired) electrons. The van der Waals surface area contributed by atoms with E-state index in [1.54, 1.807) is 6.08 Å². The van der Waals surface area contributed by atoms with Crippen LogP contribution in [0.4, 0.5) is 0 Å². The lowest BCUT2D eigenvalue weighted by atomic mass is 9.85. The van der Waals surface area contributed by atoms with Crippen molar-refractivity contribution in [3.8, 4) is 0 Å². The van der Waals surface area contributed by atoms with Gasteiger partial charge in [0.05, 0.1) is 31.3 Å². The number of nitrogens with one attached hydrogen (secondary N) is 1. The first-order valence-corrected chi connectivity index (χ1v) is 20.9. The van der Waals surface area contributed by atoms with Gasteiger partial charge >= 0.3 is 7.82 Å². The van der Waals surface area contributed by atoms with Crippen LogP contribution in [-0.2, 0) is 18.4 Å². The van der Waals surface area contributed by atoms with E-state index in [9.17, 15) is 50.0 Å². The number of carbonyl (C=O) groups is 1. The summed E-state index contributed by atoms with van der Waals surface area (Å²) in [5.41, 5.74) is 0. The summed E-state index contributed by atoms with van der Waals surface area (Å²) in [6, 6.07) is -1.24. The molecule has 1 rings (SSSR count). The molecule has 8 atom stereocenters. The molecule has 1 saturated carbocycles. The maximum Gasteiger partial charge on any atom is 0.472 e. The Kier molecular flexibility index (Phi) is 26.5. The lowest BCUT2D eigenvalue weighted by molar-refractivity contribution is -0.220. The predicted molar refractivity (Wildman–Crippen MR) is 197 cm³/mol. The van der Waals surface area contributed by atoms with E-state index in [0.29, 0.717) is 19.3 Å². The highest BCUT2D eigenvalue weighted by Gasteiger charge is 2.51. The second-order valence-corrected chi connectivity index (χ2v) is 15.4. The van der Waals surface area contributed by atoms with Gasteiger partial charge < -0.3 is 46.0 Å². The molecule has 1 fully saturated rings. The summed E-state index contributed by atoms with van der Waals surface area (Å²) >= 11 is 0. The number of hydrogen-bond donors (Lipinski definition) is 9. The first-order chi connectivity index (χ1) is 24.3. The zero-order valence-corrected chi connectivity index (χ0v) is 31.9. The van der Waals surface area contributed by atoms with Gasteiger partial charge in [0, 0.05) is 0 Å². The topological polar surface area (TPSA) is 226 Å². The fourth-order valence-electron chi connectivity index (χ4n) is 5.98. The van der Waals surface area contributed by atoms with Crippen LogP contribution in [0.5, 0.6) is 0 Å². The number of unbranched alkanes of at least 4 members (excludes halogenated alkanes) is 15. The molecule has 0 spiro atoms. The number of aliphatic hydroxyl groups is 7. The van der Waals surface area contributed by atoms with E-state index in [1.165, 1.54) is 57.4 Å². The minimum Gasteiger partial charge on any atom is -0.393 e. The van der Waals surface area contributed by atoms with Crippen molar-refractivity contribution in [3.63, 3.8) is 0 Å². The number of allylic oxidation sites excluding steroid dienone is 3. The summed E-state index contributed by atoms with van der Waals surface area (Å²) in [7, 11) is -5.13. The normalized spacial score (nSPS) is 25.6. The molecule has 300 valence electrons. The Morgan fingerprint density at radius 3 is 1.73 bits per heavy atom. The average Bonchev–Trinajstić information content (AvgIpc) is 3.09. The molecule has 0 aromatic heterocycles. The lowest BCUT2D eigenvalue weighted by Crippen LogP contribution is -2.64. The van der Waals surface area contributed by atoms with E-state index in [4.69, 9.17) is 9.05 Å². The number of phosphoric ester groups is 1. The van der Waals surface area contributed by atoms with Crippen molar-refractivity contribution < 1.29 is 59.0 Å². The molecule has 1 aliphatic rings. The molecular weight excluding hydrogens is 681 g/mol. The highest BCUT2D eigenvalue weighted by Crippen LogP contribution is 2.47. The molecular formula is C37H70NO12P. The summed E-state index contributed by atoms with van der Waals surface area (Å²) in [5, 5.41) is 73.9. The van der Waals surface area contributed by atoms with Gasteiger partial charge in [0.15, 0.2) is 0 Å². The number of amides is 1. The Hall–Kier alpha value is -1.22. The maximum atomic E-state index is 12.8. The van der Waals surface area contributed by atoms with Gasteiger partial charge in [-0.1, -0.05) is 122 Å². The zero-order valence-electron chi connectivity index (χ0n) is 31.0. The zero-order chi connectivity index (χ0) is 38.1. The van der Waals surface area contributed by atoms with Gasteiger partial charge in [0.1, 0.15) is 36.6 Å². The summed E-state index contributed by atoms with van der Waals surface area (Å²) in [6.07, 6.45) is 13.1. The summed E-state index contributed by atoms with van der Waals surface area (Å²) in [6.45, 7) is 3.61. The molecule has 13 nitrogen and oxygen atoms in total. The van der Waals surface area contributed by atoms with E-state index in [0.717, 1.165) is 51.4 Å². The third kappa shape index (κ3) is 21.3. The van der Waals surface area contributed by atoms with Crippen molar-refractivity contribution in [1.29, 1.82) is 0 Å². The fourth-order valence-corrected chi connectivity index (χ4v) is 6.95. The Bertz CT molecular complexity index is 985. The molecule has 0 heterocycles. The van der Waals surface area contributed by atoms with Crippen LogP contribution in [0.15, 0.2) is 24.3 Å². The quantitative estimate of drug-likeness (QED) is 0.0282. The monoisotopic (exact) mass is 751 g/mol. The van der Waals surface area contributed by atoms with Crippen molar-refractivity contribution >= 4 is 13.7 Å². The minimum atomic E-state index is -5.13. The van der Waals surface area contributed by atoms with Crippen molar-refractivity contribution in [3.05, 3.63) is 24.3 Å². The van der Waals surface area contributed by atoms with Crippen LogP contribution in [-0.4, -0.2) is 108 Å². The van der Waals surface area contributed by atoms with Gasteiger partial charge in [0.25, 0.3) is 0 Å². The first kappa shape index (κ1) is 47.8. The van der Waals surface area contributed by atoms with E-state index < -0.39 is 75.2 Å².